The number of nitrogens with one attached hydrogen (secondary N) is 1. The van der Waals surface area contributed by atoms with Gasteiger partial charge in [0.25, 0.3) is 0 Å². The van der Waals surface area contributed by atoms with Crippen molar-refractivity contribution in [1.29, 1.82) is 5.26 Å². The van der Waals surface area contributed by atoms with Gasteiger partial charge < -0.3 is 0 Å². The zero-order valence-corrected chi connectivity index (χ0v) is 12.1. The Hall–Kier alpha value is -1.55. The second-order valence-electron chi connectivity index (χ2n) is 5.95. The van der Waals surface area contributed by atoms with Gasteiger partial charge in [-0.1, -0.05) is 0 Å². The summed E-state index contributed by atoms with van der Waals surface area (Å²) in [6.07, 6.45) is 0.217. The van der Waals surface area contributed by atoms with Crippen LogP contribution in [-0.4, -0.2) is 21.4 Å². The van der Waals surface area contributed by atoms with Crippen molar-refractivity contribution in [1.82, 2.24) is 15.1 Å². The molecule has 1 aliphatic carbocycles. The lowest BCUT2D eigenvalue weighted by Crippen LogP contribution is -2.50. The van der Waals surface area contributed by atoms with Crippen LogP contribution in [0.4, 0.5) is 13.2 Å². The first-order valence-corrected chi connectivity index (χ1v) is 7.06. The van der Waals surface area contributed by atoms with E-state index < -0.39 is 17.3 Å². The average molecular weight is 300 g/mol. The van der Waals surface area contributed by atoms with Crippen LogP contribution >= 0.6 is 0 Å². The molecule has 0 aromatic carbocycles. The van der Waals surface area contributed by atoms with Gasteiger partial charge in [0.05, 0.1) is 23.9 Å². The molecule has 0 amide bonds. The lowest BCUT2D eigenvalue weighted by Gasteiger charge is -2.37. The van der Waals surface area contributed by atoms with Crippen molar-refractivity contribution >= 4 is 0 Å². The van der Waals surface area contributed by atoms with Crippen molar-refractivity contribution in [2.75, 3.05) is 0 Å². The predicted octanol–water partition coefficient (Wildman–Crippen LogP) is 3.28. The van der Waals surface area contributed by atoms with E-state index in [4.69, 9.17) is 0 Å². The molecule has 0 radical (unpaired) electrons. The van der Waals surface area contributed by atoms with E-state index in [-0.39, 0.29) is 12.1 Å². The third-order valence-electron chi connectivity index (χ3n) is 3.81. The molecule has 1 fully saturated rings. The first-order valence-electron chi connectivity index (χ1n) is 7.06. The summed E-state index contributed by atoms with van der Waals surface area (Å²) in [6.45, 7) is 3.91. The highest BCUT2D eigenvalue weighted by Crippen LogP contribution is 2.36. The molecule has 1 aromatic rings. The smallest absolute Gasteiger partial charge is 0.297 e. The van der Waals surface area contributed by atoms with Crippen molar-refractivity contribution in [2.45, 2.75) is 63.3 Å². The fourth-order valence-corrected chi connectivity index (χ4v) is 2.97. The van der Waals surface area contributed by atoms with Crippen molar-refractivity contribution in [3.05, 3.63) is 18.0 Å². The first kappa shape index (κ1) is 15.8. The highest BCUT2D eigenvalue weighted by Gasteiger charge is 2.39. The minimum Gasteiger partial charge on any atom is -0.297 e. The minimum absolute atomic E-state index is 0.145. The Morgan fingerprint density at radius 3 is 2.76 bits per heavy atom. The van der Waals surface area contributed by atoms with Crippen molar-refractivity contribution in [2.24, 2.45) is 0 Å². The number of aromatic nitrogens is 2. The molecule has 0 spiro atoms. The maximum atomic E-state index is 12.6. The van der Waals surface area contributed by atoms with Crippen LogP contribution in [-0.2, 0) is 6.18 Å². The molecule has 1 aliphatic rings. The summed E-state index contributed by atoms with van der Waals surface area (Å²) in [5, 5.41) is 16.6. The fraction of sp³-hybridized carbons (Fsp3) is 0.714. The molecule has 2 unspecified atom stereocenters. The van der Waals surface area contributed by atoms with Crippen molar-refractivity contribution < 1.29 is 13.2 Å². The van der Waals surface area contributed by atoms with Crippen LogP contribution in [0.2, 0.25) is 0 Å². The highest BCUT2D eigenvalue weighted by molar-refractivity contribution is 5.13. The van der Waals surface area contributed by atoms with Crippen LogP contribution in [0, 0.1) is 11.3 Å². The standard InChI is InChI=1S/C14H19F3N4/c1-10(2)20-13(9-18)5-3-4-12(6-13)21-8-11(7-19-21)14(15,16)17/h7-8,10,12,20H,3-6H2,1-2H3. The zero-order chi connectivity index (χ0) is 15.7. The fourth-order valence-electron chi connectivity index (χ4n) is 2.97. The molecule has 1 heterocycles. The molecule has 2 atom stereocenters. The van der Waals surface area contributed by atoms with Crippen molar-refractivity contribution in [3.8, 4) is 6.07 Å². The van der Waals surface area contributed by atoms with Crippen LogP contribution < -0.4 is 5.32 Å². The average Bonchev–Trinajstić information content (AvgIpc) is 2.87. The van der Waals surface area contributed by atoms with Crippen LogP contribution in [0.25, 0.3) is 0 Å². The monoisotopic (exact) mass is 300 g/mol. The Kier molecular flexibility index (Phi) is 4.28. The van der Waals surface area contributed by atoms with Crippen LogP contribution in [0.5, 0.6) is 0 Å². The molecule has 2 rings (SSSR count). The van der Waals surface area contributed by atoms with Gasteiger partial charge in [-0.3, -0.25) is 10.00 Å². The third-order valence-corrected chi connectivity index (χ3v) is 3.81. The molecular formula is C14H19F3N4. The van der Waals surface area contributed by atoms with Gasteiger partial charge in [-0.25, -0.2) is 0 Å². The van der Waals surface area contributed by atoms with Crippen molar-refractivity contribution in [3.63, 3.8) is 0 Å². The van der Waals surface area contributed by atoms with Gasteiger partial charge in [-0.15, -0.1) is 0 Å². The first-order chi connectivity index (χ1) is 9.76. The quantitative estimate of drug-likeness (QED) is 0.932. The normalized spacial score (nSPS) is 26.8. The van der Waals surface area contributed by atoms with E-state index in [0.717, 1.165) is 25.2 Å². The third kappa shape index (κ3) is 3.56. The second kappa shape index (κ2) is 5.68. The second-order valence-corrected chi connectivity index (χ2v) is 5.95. The largest absolute Gasteiger partial charge is 0.419 e. The molecule has 1 N–H and O–H groups in total. The summed E-state index contributed by atoms with van der Waals surface area (Å²) in [7, 11) is 0. The van der Waals surface area contributed by atoms with E-state index >= 15 is 0 Å². The Morgan fingerprint density at radius 2 is 2.24 bits per heavy atom. The molecule has 0 aliphatic heterocycles. The summed E-state index contributed by atoms with van der Waals surface area (Å²) >= 11 is 0. The van der Waals surface area contributed by atoms with Gasteiger partial charge in [-0.05, 0) is 33.1 Å². The van der Waals surface area contributed by atoms with E-state index in [0.29, 0.717) is 12.8 Å². The molecule has 4 nitrogen and oxygen atoms in total. The van der Waals surface area contributed by atoms with Gasteiger partial charge in [-0.2, -0.15) is 23.5 Å². The SMILES string of the molecule is CC(C)NC1(C#N)CCCC(n2cc(C(F)(F)F)cn2)C1. The lowest BCUT2D eigenvalue weighted by atomic mass is 9.79. The molecule has 0 saturated heterocycles. The summed E-state index contributed by atoms with van der Waals surface area (Å²) in [4.78, 5) is 0. The Labute approximate surface area is 121 Å². The summed E-state index contributed by atoms with van der Waals surface area (Å²) in [5.74, 6) is 0. The molecule has 0 bridgehead atoms. The number of hydrogen-bond acceptors (Lipinski definition) is 3. The molecular weight excluding hydrogens is 281 g/mol. The topological polar surface area (TPSA) is 53.6 Å². The highest BCUT2D eigenvalue weighted by atomic mass is 19.4. The maximum absolute atomic E-state index is 12.6. The predicted molar refractivity (Wildman–Crippen MR) is 71.3 cm³/mol. The van der Waals surface area contributed by atoms with Crippen LogP contribution in [0.1, 0.15) is 51.1 Å². The molecule has 7 heteroatoms. The maximum Gasteiger partial charge on any atom is 0.419 e. The number of rotatable bonds is 3. The Morgan fingerprint density at radius 1 is 1.52 bits per heavy atom. The molecule has 116 valence electrons. The van der Waals surface area contributed by atoms with Gasteiger partial charge in [0.15, 0.2) is 0 Å². The van der Waals surface area contributed by atoms with Crippen LogP contribution in [0.3, 0.4) is 0 Å². The number of nitriles is 1. The molecule has 21 heavy (non-hydrogen) atoms. The summed E-state index contributed by atoms with van der Waals surface area (Å²) < 4.78 is 39.3. The van der Waals surface area contributed by atoms with E-state index in [1.54, 1.807) is 0 Å². The number of hydrogen-bond donors (Lipinski definition) is 1. The van der Waals surface area contributed by atoms with Gasteiger partial charge >= 0.3 is 6.18 Å². The summed E-state index contributed by atoms with van der Waals surface area (Å²) in [6, 6.07) is 2.28. The van der Waals surface area contributed by atoms with Gasteiger partial charge in [0.2, 0.25) is 0 Å². The summed E-state index contributed by atoms with van der Waals surface area (Å²) in [5.41, 5.74) is -1.42. The lowest BCUT2D eigenvalue weighted by molar-refractivity contribution is -0.137. The molecule has 1 aromatic heterocycles. The van der Waals surface area contributed by atoms with Crippen LogP contribution in [0.15, 0.2) is 12.4 Å². The number of halogens is 3. The minimum atomic E-state index is -4.38. The van der Waals surface area contributed by atoms with E-state index in [1.165, 1.54) is 4.68 Å². The number of nitrogens with zero attached hydrogens (tertiary/aromatic N) is 3. The zero-order valence-electron chi connectivity index (χ0n) is 12.1. The van der Waals surface area contributed by atoms with Gasteiger partial charge in [0.1, 0.15) is 5.54 Å². The molecule has 1 saturated carbocycles. The van der Waals surface area contributed by atoms with Gasteiger partial charge in [0, 0.05) is 18.7 Å². The Bertz CT molecular complexity index is 529. The van der Waals surface area contributed by atoms with E-state index in [9.17, 15) is 18.4 Å². The van der Waals surface area contributed by atoms with E-state index in [1.807, 2.05) is 13.8 Å². The van der Waals surface area contributed by atoms with E-state index in [2.05, 4.69) is 16.5 Å². The Balaban J connectivity index is 2.18. The number of alkyl halides is 3.